The van der Waals surface area contributed by atoms with Gasteiger partial charge in [-0.05, 0) is 52.9 Å². The number of nitriles is 1. The van der Waals surface area contributed by atoms with Crippen LogP contribution in [0.3, 0.4) is 0 Å². The summed E-state index contributed by atoms with van der Waals surface area (Å²) in [6.07, 6.45) is -0.198. The van der Waals surface area contributed by atoms with Gasteiger partial charge in [-0.1, -0.05) is 66.7 Å². The van der Waals surface area contributed by atoms with Crippen molar-refractivity contribution in [3.63, 3.8) is 0 Å². The molecule has 0 aliphatic carbocycles. The number of carboxylic acids is 1. The van der Waals surface area contributed by atoms with Crippen LogP contribution in [-0.4, -0.2) is 28.8 Å². The summed E-state index contributed by atoms with van der Waals surface area (Å²) in [6, 6.07) is 30.7. The molecule has 0 saturated heterocycles. The number of hydrogen-bond acceptors (Lipinski definition) is 6. The first-order chi connectivity index (χ1) is 19.5. The molecule has 0 saturated carbocycles. The SMILES string of the molecule is Cc1c(COc2ccc(CNC(CO)CC(=O)O)c(OCc3cccc(C#N)c3)c2)cccc1-c1ccccc1. The van der Waals surface area contributed by atoms with Gasteiger partial charge in [-0.2, -0.15) is 5.26 Å². The van der Waals surface area contributed by atoms with Crippen molar-refractivity contribution in [2.45, 2.75) is 39.1 Å². The monoisotopic (exact) mass is 536 g/mol. The molecular formula is C33H32N2O5. The minimum atomic E-state index is -0.990. The summed E-state index contributed by atoms with van der Waals surface area (Å²) in [5.74, 6) is 0.197. The second-order valence-corrected chi connectivity index (χ2v) is 9.47. The topological polar surface area (TPSA) is 112 Å². The molecule has 1 unspecified atom stereocenters. The van der Waals surface area contributed by atoms with E-state index in [2.05, 4.69) is 42.6 Å². The zero-order chi connectivity index (χ0) is 28.3. The number of rotatable bonds is 13. The van der Waals surface area contributed by atoms with Crippen molar-refractivity contribution in [3.8, 4) is 28.7 Å². The lowest BCUT2D eigenvalue weighted by atomic mass is 9.97. The van der Waals surface area contributed by atoms with Crippen LogP contribution < -0.4 is 14.8 Å². The van der Waals surface area contributed by atoms with E-state index in [1.807, 2.05) is 54.6 Å². The smallest absolute Gasteiger partial charge is 0.305 e. The summed E-state index contributed by atoms with van der Waals surface area (Å²) in [4.78, 5) is 11.1. The molecule has 4 rings (SSSR count). The molecule has 0 fully saturated rings. The summed E-state index contributed by atoms with van der Waals surface area (Å²) in [5.41, 5.74) is 6.71. The Kier molecular flexibility index (Phi) is 9.89. The van der Waals surface area contributed by atoms with Gasteiger partial charge in [-0.15, -0.1) is 0 Å². The van der Waals surface area contributed by atoms with Gasteiger partial charge in [0, 0.05) is 24.2 Å². The molecule has 204 valence electrons. The number of carboxylic acid groups (broad SMARTS) is 1. The lowest BCUT2D eigenvalue weighted by molar-refractivity contribution is -0.137. The molecule has 4 aromatic carbocycles. The normalized spacial score (nSPS) is 11.4. The zero-order valence-corrected chi connectivity index (χ0v) is 22.3. The molecule has 4 aromatic rings. The molecule has 0 spiro atoms. The van der Waals surface area contributed by atoms with E-state index in [9.17, 15) is 15.2 Å². The number of nitrogens with zero attached hydrogens (tertiary/aromatic N) is 1. The van der Waals surface area contributed by atoms with Gasteiger partial charge in [-0.25, -0.2) is 0 Å². The first kappa shape index (κ1) is 28.4. The van der Waals surface area contributed by atoms with Crippen molar-refractivity contribution in [3.05, 3.63) is 119 Å². The van der Waals surface area contributed by atoms with E-state index in [0.29, 0.717) is 30.2 Å². The molecule has 3 N–H and O–H groups in total. The number of nitrogens with one attached hydrogen (secondary N) is 1. The highest BCUT2D eigenvalue weighted by Crippen LogP contribution is 2.29. The summed E-state index contributed by atoms with van der Waals surface area (Å²) in [5, 5.41) is 31.0. The number of aliphatic hydroxyl groups excluding tert-OH is 1. The van der Waals surface area contributed by atoms with Gasteiger partial charge in [-0.3, -0.25) is 4.79 Å². The highest BCUT2D eigenvalue weighted by molar-refractivity contribution is 5.68. The molecule has 0 amide bonds. The van der Waals surface area contributed by atoms with Gasteiger partial charge in [0.25, 0.3) is 0 Å². The van der Waals surface area contributed by atoms with Crippen LogP contribution in [0.5, 0.6) is 11.5 Å². The summed E-state index contributed by atoms with van der Waals surface area (Å²) < 4.78 is 12.3. The molecule has 0 aliphatic rings. The standard InChI is InChI=1S/C33H32N2O5/c1-23-28(11-6-12-31(23)26-9-3-2-4-10-26)22-39-30-14-13-27(19-35-29(20-36)16-33(37)38)32(17-30)40-21-25-8-5-7-24(15-25)18-34/h2-15,17,29,35-36H,16,19-22H2,1H3,(H,37,38). The molecular weight excluding hydrogens is 504 g/mol. The van der Waals surface area contributed by atoms with Gasteiger partial charge in [0.05, 0.1) is 24.7 Å². The molecule has 0 bridgehead atoms. The Labute approximate surface area is 234 Å². The second kappa shape index (κ2) is 13.9. The van der Waals surface area contributed by atoms with Gasteiger partial charge >= 0.3 is 5.97 Å². The Morgan fingerprint density at radius 3 is 2.48 bits per heavy atom. The predicted molar refractivity (Wildman–Crippen MR) is 153 cm³/mol. The number of aliphatic hydroxyl groups is 1. The second-order valence-electron chi connectivity index (χ2n) is 9.47. The molecule has 0 heterocycles. The molecule has 0 radical (unpaired) electrons. The van der Waals surface area contributed by atoms with Crippen LogP contribution in [-0.2, 0) is 24.6 Å². The average Bonchev–Trinajstić information content (AvgIpc) is 2.98. The molecule has 7 nitrogen and oxygen atoms in total. The van der Waals surface area contributed by atoms with Crippen LogP contribution in [0, 0.1) is 18.3 Å². The fraction of sp³-hybridized carbons (Fsp3) is 0.212. The van der Waals surface area contributed by atoms with Gasteiger partial charge in [0.1, 0.15) is 24.7 Å². The number of carbonyl (C=O) groups is 1. The van der Waals surface area contributed by atoms with E-state index >= 15 is 0 Å². The highest BCUT2D eigenvalue weighted by Gasteiger charge is 2.14. The van der Waals surface area contributed by atoms with Crippen molar-refractivity contribution in [2.24, 2.45) is 0 Å². The van der Waals surface area contributed by atoms with Crippen LogP contribution in [0.15, 0.2) is 91.0 Å². The first-order valence-corrected chi connectivity index (χ1v) is 13.0. The fourth-order valence-electron chi connectivity index (χ4n) is 4.39. The number of aliphatic carboxylic acids is 1. The van der Waals surface area contributed by atoms with Crippen molar-refractivity contribution in [2.75, 3.05) is 6.61 Å². The van der Waals surface area contributed by atoms with Gasteiger partial charge in [0.2, 0.25) is 0 Å². The largest absolute Gasteiger partial charge is 0.489 e. The highest BCUT2D eigenvalue weighted by atomic mass is 16.5. The lowest BCUT2D eigenvalue weighted by Crippen LogP contribution is -2.34. The molecule has 40 heavy (non-hydrogen) atoms. The molecule has 7 heteroatoms. The average molecular weight is 537 g/mol. The van der Waals surface area contributed by atoms with Crippen LogP contribution in [0.2, 0.25) is 0 Å². The Hall–Kier alpha value is -4.64. The minimum Gasteiger partial charge on any atom is -0.489 e. The predicted octanol–water partition coefficient (Wildman–Crippen LogP) is 5.62. The third-order valence-corrected chi connectivity index (χ3v) is 6.64. The minimum absolute atomic E-state index is 0.198. The van der Waals surface area contributed by atoms with Gasteiger partial charge < -0.3 is 25.0 Å². The summed E-state index contributed by atoms with van der Waals surface area (Å²) in [6.45, 7) is 2.70. The molecule has 0 aliphatic heterocycles. The maximum atomic E-state index is 11.1. The Balaban J connectivity index is 1.52. The molecule has 1 atom stereocenters. The quantitative estimate of drug-likeness (QED) is 0.203. The van der Waals surface area contributed by atoms with E-state index < -0.39 is 12.0 Å². The number of benzene rings is 4. The van der Waals surface area contributed by atoms with E-state index in [0.717, 1.165) is 33.4 Å². The zero-order valence-electron chi connectivity index (χ0n) is 22.3. The Morgan fingerprint density at radius 1 is 0.925 bits per heavy atom. The van der Waals surface area contributed by atoms with Gasteiger partial charge in [0.15, 0.2) is 0 Å². The van der Waals surface area contributed by atoms with E-state index in [4.69, 9.17) is 14.6 Å². The Bertz CT molecular complexity index is 1480. The third-order valence-electron chi connectivity index (χ3n) is 6.64. The Morgan fingerprint density at radius 2 is 1.73 bits per heavy atom. The van der Waals surface area contributed by atoms with Crippen molar-refractivity contribution < 1.29 is 24.5 Å². The lowest BCUT2D eigenvalue weighted by Gasteiger charge is -2.18. The van der Waals surface area contributed by atoms with Crippen LogP contribution >= 0.6 is 0 Å². The fourth-order valence-corrected chi connectivity index (χ4v) is 4.39. The first-order valence-electron chi connectivity index (χ1n) is 13.0. The van der Waals surface area contributed by atoms with Crippen LogP contribution in [0.4, 0.5) is 0 Å². The van der Waals surface area contributed by atoms with E-state index in [1.54, 1.807) is 12.1 Å². The van der Waals surface area contributed by atoms with Crippen LogP contribution in [0.1, 0.15) is 34.2 Å². The van der Waals surface area contributed by atoms with Crippen LogP contribution in [0.25, 0.3) is 11.1 Å². The number of hydrogen-bond donors (Lipinski definition) is 3. The summed E-state index contributed by atoms with van der Waals surface area (Å²) in [7, 11) is 0. The summed E-state index contributed by atoms with van der Waals surface area (Å²) >= 11 is 0. The van der Waals surface area contributed by atoms with E-state index in [-0.39, 0.29) is 19.6 Å². The molecule has 0 aromatic heterocycles. The van der Waals surface area contributed by atoms with E-state index in [1.165, 1.54) is 0 Å². The van der Waals surface area contributed by atoms with Crippen molar-refractivity contribution >= 4 is 5.97 Å². The third kappa shape index (κ3) is 7.70. The number of ether oxygens (including phenoxy) is 2. The maximum absolute atomic E-state index is 11.1. The van der Waals surface area contributed by atoms with Crippen molar-refractivity contribution in [1.29, 1.82) is 5.26 Å². The maximum Gasteiger partial charge on any atom is 0.305 e. The van der Waals surface area contributed by atoms with Crippen molar-refractivity contribution in [1.82, 2.24) is 5.32 Å².